The molecule has 1 heterocycles. The number of aryl methyl sites for hydroxylation is 1. The van der Waals surface area contributed by atoms with Crippen molar-refractivity contribution in [3.8, 4) is 11.5 Å². The number of esters is 1. The van der Waals surface area contributed by atoms with Gasteiger partial charge in [-0.1, -0.05) is 42.5 Å². The van der Waals surface area contributed by atoms with Crippen molar-refractivity contribution in [3.63, 3.8) is 0 Å². The number of benzene rings is 3. The van der Waals surface area contributed by atoms with Gasteiger partial charge in [0, 0.05) is 10.4 Å². The Morgan fingerprint density at radius 3 is 2.56 bits per heavy atom. The first kappa shape index (κ1) is 27.9. The summed E-state index contributed by atoms with van der Waals surface area (Å²) in [6.07, 6.45) is 2.50. The van der Waals surface area contributed by atoms with Crippen LogP contribution in [0.25, 0.3) is 10.8 Å². The van der Waals surface area contributed by atoms with Gasteiger partial charge in [0.15, 0.2) is 11.5 Å². The highest BCUT2D eigenvalue weighted by Crippen LogP contribution is 2.39. The fraction of sp³-hybridized carbons (Fsp3) is 0.226. The van der Waals surface area contributed by atoms with Crippen molar-refractivity contribution in [3.05, 3.63) is 87.8 Å². The number of carbonyl (C=O) groups excluding carboxylic acids is 3. The summed E-state index contributed by atoms with van der Waals surface area (Å²) in [6.45, 7) is 2.06. The third kappa shape index (κ3) is 5.92. The number of ether oxygens (including phenoxy) is 3. The number of anilines is 1. The van der Waals surface area contributed by atoms with Crippen LogP contribution in [0.5, 0.6) is 11.5 Å². The smallest absolute Gasteiger partial charge is 0.341 e. The van der Waals surface area contributed by atoms with Crippen LogP contribution >= 0.6 is 11.3 Å². The van der Waals surface area contributed by atoms with Crippen LogP contribution in [-0.4, -0.2) is 37.7 Å². The predicted molar refractivity (Wildman–Crippen MR) is 158 cm³/mol. The zero-order valence-corrected chi connectivity index (χ0v) is 23.7. The second-order valence-electron chi connectivity index (χ2n) is 9.44. The Morgan fingerprint density at radius 2 is 1.76 bits per heavy atom. The minimum atomic E-state index is -0.962. The van der Waals surface area contributed by atoms with Gasteiger partial charge in [-0.15, -0.1) is 11.3 Å². The lowest BCUT2D eigenvalue weighted by Gasteiger charge is -2.13. The molecule has 1 aliphatic rings. The van der Waals surface area contributed by atoms with Crippen LogP contribution in [-0.2, 0) is 33.8 Å². The average molecular weight is 572 g/mol. The molecule has 1 aromatic heterocycles. The molecule has 0 saturated carbocycles. The molecule has 1 aliphatic carbocycles. The van der Waals surface area contributed by atoms with Gasteiger partial charge in [-0.3, -0.25) is 9.59 Å². The van der Waals surface area contributed by atoms with E-state index in [9.17, 15) is 14.4 Å². The minimum Gasteiger partial charge on any atom is -0.493 e. The summed E-state index contributed by atoms with van der Waals surface area (Å²) in [7, 11) is 2.83. The van der Waals surface area contributed by atoms with Gasteiger partial charge in [0.05, 0.1) is 25.5 Å². The maximum atomic E-state index is 12.6. The van der Waals surface area contributed by atoms with Crippen LogP contribution < -0.4 is 20.2 Å². The van der Waals surface area contributed by atoms with Crippen molar-refractivity contribution in [2.75, 3.05) is 19.5 Å². The van der Waals surface area contributed by atoms with E-state index in [1.165, 1.54) is 18.4 Å². The predicted octanol–water partition coefficient (Wildman–Crippen LogP) is 5.24. The van der Waals surface area contributed by atoms with Crippen LogP contribution in [0.15, 0.2) is 65.8 Å². The standard InChI is InChI=1S/C31H29N3O6S/c1-18(33-34-29(36)28(35)32-30-27(31(37)39-3)23-12-7-13-26(23)41-30)20-14-15-24(25(16-20)38-2)40-17-21-10-6-9-19-8-4-5-11-22(19)21/h4-6,8-11,14-16H,7,12-13,17H2,1-3H3,(H,32,35)(H,34,36)/b33-18+. The first-order valence-corrected chi connectivity index (χ1v) is 13.9. The number of fused-ring (bicyclic) bond motifs is 2. The zero-order chi connectivity index (χ0) is 28.9. The van der Waals surface area contributed by atoms with Crippen LogP contribution in [0.3, 0.4) is 0 Å². The number of carbonyl (C=O) groups is 3. The van der Waals surface area contributed by atoms with Gasteiger partial charge in [-0.25, -0.2) is 10.2 Å². The number of rotatable bonds is 8. The van der Waals surface area contributed by atoms with Crippen LogP contribution in [0.1, 0.15) is 45.3 Å². The van der Waals surface area contributed by atoms with E-state index in [4.69, 9.17) is 14.2 Å². The van der Waals surface area contributed by atoms with Gasteiger partial charge in [-0.05, 0) is 66.3 Å². The summed E-state index contributed by atoms with van der Waals surface area (Å²) < 4.78 is 16.5. The van der Waals surface area contributed by atoms with Crippen LogP contribution in [0, 0.1) is 0 Å². The molecule has 0 fully saturated rings. The molecule has 0 unspecified atom stereocenters. The molecule has 9 nitrogen and oxygen atoms in total. The molecule has 3 aromatic carbocycles. The molecular weight excluding hydrogens is 542 g/mol. The van der Waals surface area contributed by atoms with Crippen molar-refractivity contribution in [2.24, 2.45) is 5.10 Å². The fourth-order valence-corrected chi connectivity index (χ4v) is 6.08. The maximum Gasteiger partial charge on any atom is 0.341 e. The molecule has 0 saturated heterocycles. The lowest BCUT2D eigenvalue weighted by Crippen LogP contribution is -2.33. The Labute approximate surface area is 241 Å². The number of nitrogens with zero attached hydrogens (tertiary/aromatic N) is 1. The molecule has 0 spiro atoms. The summed E-state index contributed by atoms with van der Waals surface area (Å²) in [5.74, 6) is -1.36. The molecule has 4 aromatic rings. The number of hydrogen-bond donors (Lipinski definition) is 2. The molecule has 2 N–H and O–H groups in total. The summed E-state index contributed by atoms with van der Waals surface area (Å²) in [6, 6.07) is 19.5. The van der Waals surface area contributed by atoms with Crippen molar-refractivity contribution in [1.29, 1.82) is 0 Å². The average Bonchev–Trinajstić information content (AvgIpc) is 3.59. The van der Waals surface area contributed by atoms with E-state index in [-0.39, 0.29) is 0 Å². The topological polar surface area (TPSA) is 115 Å². The third-order valence-corrected chi connectivity index (χ3v) is 8.12. The molecule has 0 atom stereocenters. The van der Waals surface area contributed by atoms with E-state index in [1.54, 1.807) is 32.2 Å². The van der Waals surface area contributed by atoms with E-state index in [2.05, 4.69) is 34.0 Å². The number of hydrogen-bond acceptors (Lipinski definition) is 8. The summed E-state index contributed by atoms with van der Waals surface area (Å²) >= 11 is 1.29. The number of methoxy groups -OCH3 is 2. The van der Waals surface area contributed by atoms with Crippen molar-refractivity contribution < 1.29 is 28.6 Å². The second kappa shape index (κ2) is 12.2. The number of hydrazone groups is 1. The second-order valence-corrected chi connectivity index (χ2v) is 10.5. The van der Waals surface area contributed by atoms with Crippen LogP contribution in [0.4, 0.5) is 5.00 Å². The molecule has 0 radical (unpaired) electrons. The number of thiophene rings is 1. The Hall–Kier alpha value is -4.70. The highest BCUT2D eigenvalue weighted by molar-refractivity contribution is 7.17. The first-order valence-electron chi connectivity index (χ1n) is 13.1. The van der Waals surface area contributed by atoms with E-state index < -0.39 is 17.8 Å². The van der Waals surface area contributed by atoms with E-state index in [0.717, 1.165) is 46.0 Å². The normalized spacial score (nSPS) is 12.5. The van der Waals surface area contributed by atoms with Gasteiger partial charge in [-0.2, -0.15) is 5.10 Å². The van der Waals surface area contributed by atoms with Gasteiger partial charge in [0.2, 0.25) is 0 Å². The van der Waals surface area contributed by atoms with Crippen LogP contribution in [0.2, 0.25) is 0 Å². The Bertz CT molecular complexity index is 1670. The molecular formula is C31H29N3O6S. The minimum absolute atomic E-state index is 0.311. The lowest BCUT2D eigenvalue weighted by atomic mass is 10.1. The molecule has 0 aliphatic heterocycles. The summed E-state index contributed by atoms with van der Waals surface area (Å²) in [5.41, 5.74) is 5.66. The molecule has 41 heavy (non-hydrogen) atoms. The molecule has 2 amide bonds. The highest BCUT2D eigenvalue weighted by atomic mass is 32.1. The van der Waals surface area contributed by atoms with Gasteiger partial charge < -0.3 is 19.5 Å². The lowest BCUT2D eigenvalue weighted by molar-refractivity contribution is -0.136. The maximum absolute atomic E-state index is 12.6. The first-order chi connectivity index (χ1) is 19.9. The largest absolute Gasteiger partial charge is 0.493 e. The molecule has 10 heteroatoms. The highest BCUT2D eigenvalue weighted by Gasteiger charge is 2.29. The monoisotopic (exact) mass is 571 g/mol. The summed E-state index contributed by atoms with van der Waals surface area (Å²) in [4.78, 5) is 38.4. The van der Waals surface area contributed by atoms with Crippen molar-refractivity contribution >= 4 is 50.6 Å². The number of nitrogens with one attached hydrogen (secondary N) is 2. The van der Waals surface area contributed by atoms with Crippen molar-refractivity contribution in [2.45, 2.75) is 32.8 Å². The summed E-state index contributed by atoms with van der Waals surface area (Å²) in [5, 5.41) is 9.20. The zero-order valence-electron chi connectivity index (χ0n) is 22.9. The fourth-order valence-electron chi connectivity index (χ4n) is 4.81. The Balaban J connectivity index is 1.24. The van der Waals surface area contributed by atoms with Crippen molar-refractivity contribution in [1.82, 2.24) is 5.43 Å². The Morgan fingerprint density at radius 1 is 0.951 bits per heavy atom. The van der Waals surface area contributed by atoms with E-state index >= 15 is 0 Å². The van der Waals surface area contributed by atoms with Gasteiger partial charge in [0.25, 0.3) is 0 Å². The number of amides is 2. The molecule has 5 rings (SSSR count). The Kier molecular flexibility index (Phi) is 8.30. The van der Waals surface area contributed by atoms with E-state index in [0.29, 0.717) is 39.9 Å². The molecule has 0 bridgehead atoms. The molecule has 210 valence electrons. The third-order valence-electron chi connectivity index (χ3n) is 6.91. The van der Waals surface area contributed by atoms with Gasteiger partial charge in [0.1, 0.15) is 11.6 Å². The van der Waals surface area contributed by atoms with E-state index in [1.807, 2.05) is 24.3 Å². The SMILES string of the molecule is COC(=O)c1c(NC(=O)C(=O)N/N=C(\C)c2ccc(OCc3cccc4ccccc34)c(OC)c2)sc2c1CCC2. The van der Waals surface area contributed by atoms with Gasteiger partial charge >= 0.3 is 17.8 Å². The quantitative estimate of drug-likeness (QED) is 0.129.